The summed E-state index contributed by atoms with van der Waals surface area (Å²) >= 11 is 0. The van der Waals surface area contributed by atoms with E-state index in [0.29, 0.717) is 17.7 Å². The summed E-state index contributed by atoms with van der Waals surface area (Å²) in [4.78, 5) is 30.0. The number of fused-ring (bicyclic) bond motifs is 1. The molecule has 13 heteroatoms. The fourth-order valence-corrected chi connectivity index (χ4v) is 5.93. The van der Waals surface area contributed by atoms with Crippen LogP contribution in [0.15, 0.2) is 38.1 Å². The molecule has 2 aromatic rings. The molecule has 2 aliphatic rings. The molecule has 1 aromatic heterocycles. The molecule has 1 fully saturated rings. The molecule has 1 saturated carbocycles. The zero-order valence-electron chi connectivity index (χ0n) is 23.3. The second-order valence-electron chi connectivity index (χ2n) is 10.5. The SMILES string of the molecule is CC1(C)CCCC1.CCc1noc(C(=O)[C@H](CC)N(N)C(=O)[C@H](CC)N(N)C2=NS(=O)(=O)c3ccccc32)n1. The van der Waals surface area contributed by atoms with E-state index in [1.54, 1.807) is 39.0 Å². The number of rotatable bonds is 8. The predicted molar refractivity (Wildman–Crippen MR) is 146 cm³/mol. The van der Waals surface area contributed by atoms with Crippen LogP contribution in [0.5, 0.6) is 0 Å². The lowest BCUT2D eigenvalue weighted by Crippen LogP contribution is -2.59. The number of aromatic nitrogens is 2. The zero-order valence-corrected chi connectivity index (χ0v) is 24.1. The summed E-state index contributed by atoms with van der Waals surface area (Å²) in [5, 5.41) is 5.45. The highest BCUT2D eigenvalue weighted by Gasteiger charge is 2.39. The van der Waals surface area contributed by atoms with Crippen molar-refractivity contribution in [1.29, 1.82) is 0 Å². The number of carbonyl (C=O) groups excluding carboxylic acids is 2. The number of nitrogens with zero attached hydrogens (tertiary/aromatic N) is 5. The van der Waals surface area contributed by atoms with Crippen molar-refractivity contribution in [3.8, 4) is 0 Å². The highest BCUT2D eigenvalue weighted by atomic mass is 32.2. The minimum Gasteiger partial charge on any atom is -0.331 e. The number of hydrazine groups is 2. The number of Topliss-reactive ketones (excluding diaryl/α,β-unsaturated/α-hetero) is 1. The van der Waals surface area contributed by atoms with Gasteiger partial charge < -0.3 is 4.52 Å². The van der Waals surface area contributed by atoms with Gasteiger partial charge in [-0.2, -0.15) is 13.4 Å². The Morgan fingerprint density at radius 2 is 1.67 bits per heavy atom. The maximum Gasteiger partial charge on any atom is 0.296 e. The fourth-order valence-electron chi connectivity index (χ4n) is 4.72. The number of carbonyl (C=O) groups is 2. The number of hydrogen-bond donors (Lipinski definition) is 2. The van der Waals surface area contributed by atoms with Crippen LogP contribution in [0.3, 0.4) is 0 Å². The van der Waals surface area contributed by atoms with Gasteiger partial charge in [-0.1, -0.05) is 64.7 Å². The van der Waals surface area contributed by atoms with Gasteiger partial charge in [-0.25, -0.2) is 11.7 Å². The molecule has 0 bridgehead atoms. The first-order chi connectivity index (χ1) is 18.4. The largest absolute Gasteiger partial charge is 0.331 e. The number of sulfonamides is 1. The lowest BCUT2D eigenvalue weighted by atomic mass is 9.92. The van der Waals surface area contributed by atoms with Crippen molar-refractivity contribution >= 4 is 27.5 Å². The summed E-state index contributed by atoms with van der Waals surface area (Å²) < 4.78 is 33.4. The molecule has 0 unspecified atom stereocenters. The highest BCUT2D eigenvalue weighted by Crippen LogP contribution is 2.36. The van der Waals surface area contributed by atoms with Crippen molar-refractivity contribution in [1.82, 2.24) is 20.2 Å². The first kappa shape index (κ1) is 30.4. The van der Waals surface area contributed by atoms with E-state index in [-0.39, 0.29) is 35.0 Å². The van der Waals surface area contributed by atoms with Crippen LogP contribution in [0.2, 0.25) is 0 Å². The summed E-state index contributed by atoms with van der Waals surface area (Å²) in [7, 11) is -3.93. The number of nitrogens with two attached hydrogens (primary N) is 2. The molecule has 12 nitrogen and oxygen atoms in total. The van der Waals surface area contributed by atoms with Crippen molar-refractivity contribution < 1.29 is 22.5 Å². The Morgan fingerprint density at radius 1 is 1.05 bits per heavy atom. The maximum absolute atomic E-state index is 13.2. The van der Waals surface area contributed by atoms with Crippen molar-refractivity contribution in [2.45, 2.75) is 96.5 Å². The number of amides is 1. The smallest absolute Gasteiger partial charge is 0.296 e. The van der Waals surface area contributed by atoms with Gasteiger partial charge in [-0.3, -0.25) is 19.6 Å². The molecule has 2 heterocycles. The minimum atomic E-state index is -3.93. The van der Waals surface area contributed by atoms with E-state index in [9.17, 15) is 18.0 Å². The summed E-state index contributed by atoms with van der Waals surface area (Å²) in [6.07, 6.45) is 6.67. The van der Waals surface area contributed by atoms with E-state index in [1.165, 1.54) is 31.7 Å². The molecule has 1 aliphatic carbocycles. The maximum atomic E-state index is 13.2. The van der Waals surface area contributed by atoms with Crippen LogP contribution in [0, 0.1) is 5.41 Å². The zero-order chi connectivity index (χ0) is 29.0. The second-order valence-corrected chi connectivity index (χ2v) is 12.1. The van der Waals surface area contributed by atoms with Crippen LogP contribution in [-0.2, 0) is 21.2 Å². The summed E-state index contributed by atoms with van der Waals surface area (Å²) in [5.41, 5.74) is 0.978. The monoisotopic (exact) mass is 561 g/mol. The van der Waals surface area contributed by atoms with Crippen LogP contribution < -0.4 is 11.7 Å². The van der Waals surface area contributed by atoms with E-state index in [1.807, 2.05) is 0 Å². The standard InChI is InChI=1S/C19H25N7O5S.C7H14/c1-4-12(16(27)18-22-15(6-3)23-31-18)26(21)19(28)13(5-2)25(20)17-11-9-7-8-10-14(11)32(29,30)24-17;1-7(2)5-3-4-6-7/h7-10,12-13H,4-6,20-21H2,1-3H3;3-6H2,1-2H3/t12-,13-;/m0./s1. The van der Waals surface area contributed by atoms with Gasteiger partial charge in [0.1, 0.15) is 17.0 Å². The first-order valence-corrected chi connectivity index (χ1v) is 14.7. The highest BCUT2D eigenvalue weighted by molar-refractivity contribution is 7.90. The molecule has 1 aromatic carbocycles. The quantitative estimate of drug-likeness (QED) is 0.211. The van der Waals surface area contributed by atoms with Crippen molar-refractivity contribution in [3.63, 3.8) is 0 Å². The van der Waals surface area contributed by atoms with Crippen LogP contribution >= 0.6 is 0 Å². The number of hydrogen-bond acceptors (Lipinski definition) is 10. The third-order valence-electron chi connectivity index (χ3n) is 7.10. The molecule has 0 saturated heterocycles. The summed E-state index contributed by atoms with van der Waals surface area (Å²) in [6, 6.07) is 4.02. The van der Waals surface area contributed by atoms with Gasteiger partial charge in [0.2, 0.25) is 5.78 Å². The van der Waals surface area contributed by atoms with Crippen molar-refractivity contribution in [2.75, 3.05) is 0 Å². The lowest BCUT2D eigenvalue weighted by Gasteiger charge is -2.32. The number of benzene rings is 1. The molecule has 39 heavy (non-hydrogen) atoms. The topological polar surface area (TPSA) is 178 Å². The van der Waals surface area contributed by atoms with Gasteiger partial charge >= 0.3 is 0 Å². The predicted octanol–water partition coefficient (Wildman–Crippen LogP) is 2.99. The van der Waals surface area contributed by atoms with Crippen LogP contribution in [0.4, 0.5) is 0 Å². The summed E-state index contributed by atoms with van der Waals surface area (Å²) in [6.45, 7) is 9.89. The molecule has 0 spiro atoms. The molecular formula is C26H39N7O5S. The molecular weight excluding hydrogens is 522 g/mol. The van der Waals surface area contributed by atoms with Gasteiger partial charge in [0, 0.05) is 12.0 Å². The Hall–Kier alpha value is -3.16. The third-order valence-corrected chi connectivity index (χ3v) is 8.42. The van der Waals surface area contributed by atoms with Gasteiger partial charge in [-0.15, -0.1) is 4.40 Å². The van der Waals surface area contributed by atoms with Crippen molar-refractivity contribution in [2.24, 2.45) is 21.5 Å². The van der Waals surface area contributed by atoms with E-state index in [0.717, 1.165) is 10.0 Å². The number of amidine groups is 1. The van der Waals surface area contributed by atoms with E-state index in [2.05, 4.69) is 28.4 Å². The second kappa shape index (κ2) is 12.3. The number of aryl methyl sites for hydroxylation is 1. The van der Waals surface area contributed by atoms with Gasteiger partial charge in [-0.05, 0) is 43.2 Å². The Labute approximate surface area is 229 Å². The van der Waals surface area contributed by atoms with Gasteiger partial charge in [0.15, 0.2) is 11.7 Å². The Bertz CT molecular complexity index is 1310. The Balaban J connectivity index is 0.000000520. The normalized spacial score (nSPS) is 18.3. The Kier molecular flexibility index (Phi) is 9.62. The fraction of sp³-hybridized carbons (Fsp3) is 0.577. The van der Waals surface area contributed by atoms with Gasteiger partial charge in [0.05, 0.1) is 0 Å². The Morgan fingerprint density at radius 3 is 2.18 bits per heavy atom. The molecule has 1 amide bonds. The molecule has 214 valence electrons. The lowest BCUT2D eigenvalue weighted by molar-refractivity contribution is -0.137. The van der Waals surface area contributed by atoms with E-state index >= 15 is 0 Å². The molecule has 2 atom stereocenters. The van der Waals surface area contributed by atoms with E-state index < -0.39 is 33.8 Å². The van der Waals surface area contributed by atoms with Crippen LogP contribution in [0.1, 0.15) is 95.2 Å². The average molecular weight is 562 g/mol. The molecule has 0 radical (unpaired) electrons. The molecule has 4 N–H and O–H groups in total. The molecule has 1 aliphatic heterocycles. The van der Waals surface area contributed by atoms with Crippen LogP contribution in [-0.4, -0.2) is 58.2 Å². The minimum absolute atomic E-state index is 0.00194. The first-order valence-electron chi connectivity index (χ1n) is 13.3. The van der Waals surface area contributed by atoms with Crippen molar-refractivity contribution in [3.05, 3.63) is 41.5 Å². The van der Waals surface area contributed by atoms with Crippen LogP contribution in [0.25, 0.3) is 0 Å². The summed E-state index contributed by atoms with van der Waals surface area (Å²) in [5.74, 6) is 11.0. The third kappa shape index (κ3) is 6.71. The molecule has 4 rings (SSSR count). The van der Waals surface area contributed by atoms with Gasteiger partial charge in [0.25, 0.3) is 21.8 Å². The number of ketones is 1. The van der Waals surface area contributed by atoms with E-state index in [4.69, 9.17) is 16.2 Å². The average Bonchev–Trinajstić information content (AvgIpc) is 3.62.